The Morgan fingerprint density at radius 1 is 1.37 bits per heavy atom. The normalized spacial score (nSPS) is 27.6. The van der Waals surface area contributed by atoms with Gasteiger partial charge >= 0.3 is 5.97 Å². The van der Waals surface area contributed by atoms with Gasteiger partial charge in [0.15, 0.2) is 0 Å². The van der Waals surface area contributed by atoms with Crippen molar-refractivity contribution in [1.82, 2.24) is 5.32 Å². The molecule has 0 aromatic heterocycles. The molecule has 19 heavy (non-hydrogen) atoms. The van der Waals surface area contributed by atoms with Crippen LogP contribution in [0.25, 0.3) is 0 Å². The molecule has 0 aromatic carbocycles. The second-order valence-electron chi connectivity index (χ2n) is 7.06. The summed E-state index contributed by atoms with van der Waals surface area (Å²) < 4.78 is 0. The first kappa shape index (κ1) is 16.0. The zero-order valence-corrected chi connectivity index (χ0v) is 12.5. The fourth-order valence-electron chi connectivity index (χ4n) is 3.34. The van der Waals surface area contributed by atoms with Gasteiger partial charge in [-0.2, -0.15) is 0 Å². The van der Waals surface area contributed by atoms with E-state index < -0.39 is 5.97 Å². The minimum absolute atomic E-state index is 0.0181. The summed E-state index contributed by atoms with van der Waals surface area (Å²) in [5.74, 6) is -0.0757. The van der Waals surface area contributed by atoms with Gasteiger partial charge in [0.1, 0.15) is 0 Å². The van der Waals surface area contributed by atoms with E-state index in [4.69, 9.17) is 5.11 Å². The fraction of sp³-hybridized carbons (Fsp3) is 0.867. The van der Waals surface area contributed by atoms with Gasteiger partial charge in [-0.25, -0.2) is 0 Å². The van der Waals surface area contributed by atoms with Crippen molar-refractivity contribution >= 4 is 11.9 Å². The molecule has 1 aliphatic carbocycles. The van der Waals surface area contributed by atoms with Gasteiger partial charge in [-0.05, 0) is 36.5 Å². The third-order valence-corrected chi connectivity index (χ3v) is 3.91. The van der Waals surface area contributed by atoms with Crippen LogP contribution >= 0.6 is 0 Å². The first-order valence-corrected chi connectivity index (χ1v) is 7.19. The maximum atomic E-state index is 12.2. The molecule has 4 nitrogen and oxygen atoms in total. The van der Waals surface area contributed by atoms with E-state index in [1.165, 1.54) is 6.42 Å². The highest BCUT2D eigenvalue weighted by Crippen LogP contribution is 2.41. The molecular formula is C15H27NO3. The molecule has 0 heterocycles. The smallest absolute Gasteiger partial charge is 0.303 e. The molecule has 1 rings (SSSR count). The van der Waals surface area contributed by atoms with E-state index in [2.05, 4.69) is 26.1 Å². The van der Waals surface area contributed by atoms with Crippen LogP contribution in [0.15, 0.2) is 0 Å². The molecule has 0 aromatic rings. The van der Waals surface area contributed by atoms with Crippen LogP contribution in [0, 0.1) is 23.2 Å². The zero-order valence-electron chi connectivity index (χ0n) is 12.5. The molecule has 0 aliphatic heterocycles. The molecule has 1 aliphatic rings. The minimum atomic E-state index is -0.811. The third kappa shape index (κ3) is 5.62. The number of aliphatic carboxylic acids is 1. The number of amides is 1. The van der Waals surface area contributed by atoms with Crippen LogP contribution in [-0.2, 0) is 9.59 Å². The average molecular weight is 269 g/mol. The topological polar surface area (TPSA) is 66.4 Å². The lowest BCUT2D eigenvalue weighted by Crippen LogP contribution is -2.39. The van der Waals surface area contributed by atoms with Crippen molar-refractivity contribution in [2.45, 2.75) is 53.4 Å². The van der Waals surface area contributed by atoms with E-state index in [0.717, 1.165) is 12.8 Å². The summed E-state index contributed by atoms with van der Waals surface area (Å²) in [6.45, 7) is 8.94. The van der Waals surface area contributed by atoms with Gasteiger partial charge in [-0.1, -0.05) is 27.7 Å². The fourth-order valence-corrected chi connectivity index (χ4v) is 3.34. The van der Waals surface area contributed by atoms with Gasteiger partial charge in [-0.15, -0.1) is 0 Å². The Kier molecular flexibility index (Phi) is 5.39. The molecule has 110 valence electrons. The number of carbonyl (C=O) groups excluding carboxylic acids is 1. The molecule has 0 radical (unpaired) electrons. The molecule has 3 atom stereocenters. The summed E-state index contributed by atoms with van der Waals surface area (Å²) in [7, 11) is 0. The SMILES string of the molecule is CC(CNC(=O)C1CC(C)CC(C)(C)C1)CC(=O)O. The molecule has 2 N–H and O–H groups in total. The van der Waals surface area contributed by atoms with Gasteiger partial charge in [0, 0.05) is 18.9 Å². The van der Waals surface area contributed by atoms with Gasteiger partial charge < -0.3 is 10.4 Å². The Bertz CT molecular complexity index is 338. The van der Waals surface area contributed by atoms with Crippen LogP contribution in [0.3, 0.4) is 0 Å². The van der Waals surface area contributed by atoms with Crippen LogP contribution in [0.4, 0.5) is 0 Å². The standard InChI is InChI=1S/C15H27NO3/c1-10-5-12(8-15(3,4)7-10)14(19)16-9-11(2)6-13(17)18/h10-12H,5-9H2,1-4H3,(H,16,19)(H,17,18). The van der Waals surface area contributed by atoms with E-state index in [9.17, 15) is 9.59 Å². The second-order valence-corrected chi connectivity index (χ2v) is 7.06. The number of carboxylic acid groups (broad SMARTS) is 1. The summed E-state index contributed by atoms with van der Waals surface area (Å²) in [6, 6.07) is 0. The highest BCUT2D eigenvalue weighted by molar-refractivity contribution is 5.78. The van der Waals surface area contributed by atoms with Crippen LogP contribution in [0.1, 0.15) is 53.4 Å². The molecule has 0 spiro atoms. The Morgan fingerprint density at radius 3 is 2.53 bits per heavy atom. The molecule has 1 saturated carbocycles. The van der Waals surface area contributed by atoms with Gasteiger partial charge in [0.25, 0.3) is 0 Å². The molecule has 4 heteroatoms. The van der Waals surface area contributed by atoms with Crippen molar-refractivity contribution in [2.75, 3.05) is 6.54 Å². The predicted molar refractivity (Wildman–Crippen MR) is 74.7 cm³/mol. The molecule has 1 amide bonds. The van der Waals surface area contributed by atoms with Crippen molar-refractivity contribution in [3.05, 3.63) is 0 Å². The molecule has 0 bridgehead atoms. The average Bonchev–Trinajstić information content (AvgIpc) is 2.22. The Morgan fingerprint density at radius 2 is 2.00 bits per heavy atom. The van der Waals surface area contributed by atoms with E-state index in [-0.39, 0.29) is 29.6 Å². The zero-order chi connectivity index (χ0) is 14.6. The Hall–Kier alpha value is -1.06. The van der Waals surface area contributed by atoms with Gasteiger partial charge in [-0.3, -0.25) is 9.59 Å². The second kappa shape index (κ2) is 6.40. The largest absolute Gasteiger partial charge is 0.481 e. The lowest BCUT2D eigenvalue weighted by atomic mass is 9.68. The van der Waals surface area contributed by atoms with E-state index >= 15 is 0 Å². The van der Waals surface area contributed by atoms with Crippen LogP contribution in [0.2, 0.25) is 0 Å². The lowest BCUT2D eigenvalue weighted by Gasteiger charge is -2.38. The minimum Gasteiger partial charge on any atom is -0.481 e. The number of carbonyl (C=O) groups is 2. The summed E-state index contributed by atoms with van der Waals surface area (Å²) >= 11 is 0. The van der Waals surface area contributed by atoms with Crippen LogP contribution in [0.5, 0.6) is 0 Å². The Balaban J connectivity index is 2.43. The predicted octanol–water partition coefficient (Wildman–Crippen LogP) is 2.68. The summed E-state index contributed by atoms with van der Waals surface area (Å²) in [5.41, 5.74) is 0.229. The van der Waals surface area contributed by atoms with E-state index in [1.54, 1.807) is 0 Å². The first-order chi connectivity index (χ1) is 8.69. The highest BCUT2D eigenvalue weighted by Gasteiger charge is 2.35. The maximum Gasteiger partial charge on any atom is 0.303 e. The van der Waals surface area contributed by atoms with Gasteiger partial charge in [0.05, 0.1) is 0 Å². The number of rotatable bonds is 5. The third-order valence-electron chi connectivity index (χ3n) is 3.91. The highest BCUT2D eigenvalue weighted by atomic mass is 16.4. The molecule has 0 saturated heterocycles. The molecule has 3 unspecified atom stereocenters. The number of hydrogen-bond donors (Lipinski definition) is 2. The lowest BCUT2D eigenvalue weighted by molar-refractivity contribution is -0.138. The number of hydrogen-bond acceptors (Lipinski definition) is 2. The van der Waals surface area contributed by atoms with Crippen molar-refractivity contribution in [1.29, 1.82) is 0 Å². The quantitative estimate of drug-likeness (QED) is 0.806. The van der Waals surface area contributed by atoms with Gasteiger partial charge in [0.2, 0.25) is 5.91 Å². The first-order valence-electron chi connectivity index (χ1n) is 7.19. The summed E-state index contributed by atoms with van der Waals surface area (Å²) in [5, 5.41) is 11.6. The van der Waals surface area contributed by atoms with Crippen molar-refractivity contribution in [2.24, 2.45) is 23.2 Å². The van der Waals surface area contributed by atoms with Crippen molar-refractivity contribution in [3.63, 3.8) is 0 Å². The van der Waals surface area contributed by atoms with Crippen LogP contribution in [-0.4, -0.2) is 23.5 Å². The maximum absolute atomic E-state index is 12.2. The van der Waals surface area contributed by atoms with E-state index in [1.807, 2.05) is 6.92 Å². The number of carboxylic acids is 1. The summed E-state index contributed by atoms with van der Waals surface area (Å²) in [6.07, 6.45) is 3.15. The van der Waals surface area contributed by atoms with Crippen molar-refractivity contribution in [3.8, 4) is 0 Å². The molecular weight excluding hydrogens is 242 g/mol. The molecule has 1 fully saturated rings. The monoisotopic (exact) mass is 269 g/mol. The van der Waals surface area contributed by atoms with Crippen molar-refractivity contribution < 1.29 is 14.7 Å². The number of nitrogens with one attached hydrogen (secondary N) is 1. The Labute approximate surface area is 116 Å². The van der Waals surface area contributed by atoms with E-state index in [0.29, 0.717) is 12.5 Å². The van der Waals surface area contributed by atoms with Crippen LogP contribution < -0.4 is 5.32 Å². The summed E-state index contributed by atoms with van der Waals surface area (Å²) in [4.78, 5) is 22.7.